The Morgan fingerprint density at radius 3 is 3.05 bits per heavy atom. The average molecular weight is 317 g/mol. The van der Waals surface area contributed by atoms with Gasteiger partial charge in [-0.25, -0.2) is 9.37 Å². The van der Waals surface area contributed by atoms with Crippen LogP contribution in [0.4, 0.5) is 9.52 Å². The highest BCUT2D eigenvalue weighted by molar-refractivity contribution is 7.97. The van der Waals surface area contributed by atoms with Crippen LogP contribution in [0.15, 0.2) is 23.6 Å². The largest absolute Gasteiger partial charge is 0.298 e. The summed E-state index contributed by atoms with van der Waals surface area (Å²) in [7, 11) is 0. The minimum atomic E-state index is -0.647. The van der Waals surface area contributed by atoms with Crippen LogP contribution in [-0.4, -0.2) is 17.1 Å². The van der Waals surface area contributed by atoms with Crippen LogP contribution in [-0.2, 0) is 5.75 Å². The number of nitrogens with one attached hydrogen (secondary N) is 1. The molecule has 0 aliphatic carbocycles. The molecule has 0 saturated carbocycles. The molecule has 7 heteroatoms. The molecule has 1 aromatic heterocycles. The van der Waals surface area contributed by atoms with Crippen molar-refractivity contribution in [3.8, 4) is 0 Å². The quantitative estimate of drug-likeness (QED) is 0.925. The van der Waals surface area contributed by atoms with Gasteiger partial charge in [-0.1, -0.05) is 17.7 Å². The first-order chi connectivity index (χ1) is 9.11. The highest BCUT2D eigenvalue weighted by atomic mass is 35.5. The van der Waals surface area contributed by atoms with Crippen molar-refractivity contribution in [2.24, 2.45) is 0 Å². The first-order valence-corrected chi connectivity index (χ1v) is 7.95. The van der Waals surface area contributed by atoms with Gasteiger partial charge in [-0.15, -0.1) is 11.3 Å². The van der Waals surface area contributed by atoms with Gasteiger partial charge in [0.05, 0.1) is 16.3 Å². The van der Waals surface area contributed by atoms with Gasteiger partial charge >= 0.3 is 0 Å². The van der Waals surface area contributed by atoms with E-state index in [1.165, 1.54) is 29.5 Å². The molecule has 0 atom stereocenters. The fourth-order valence-corrected chi connectivity index (χ4v) is 2.96. The third-order valence-corrected chi connectivity index (χ3v) is 3.96. The van der Waals surface area contributed by atoms with E-state index >= 15 is 0 Å². The number of thiazole rings is 1. The third-order valence-electron chi connectivity index (χ3n) is 2.25. The zero-order valence-electron chi connectivity index (χ0n) is 9.94. The van der Waals surface area contributed by atoms with Crippen molar-refractivity contribution in [3.05, 3.63) is 45.7 Å². The molecule has 1 amide bonds. The minimum Gasteiger partial charge on any atom is -0.298 e. The molecule has 0 bridgehead atoms. The number of carbonyl (C=O) groups excluding carboxylic acids is 1. The zero-order valence-corrected chi connectivity index (χ0v) is 12.3. The van der Waals surface area contributed by atoms with E-state index in [-0.39, 0.29) is 10.6 Å². The van der Waals surface area contributed by atoms with Crippen LogP contribution >= 0.6 is 34.7 Å². The molecular formula is C12H10ClFN2OS2. The first kappa shape index (κ1) is 14.3. The van der Waals surface area contributed by atoms with Gasteiger partial charge in [-0.3, -0.25) is 10.1 Å². The van der Waals surface area contributed by atoms with E-state index in [0.717, 1.165) is 11.4 Å². The second-order valence-corrected chi connectivity index (χ2v) is 5.76. The van der Waals surface area contributed by atoms with Crippen molar-refractivity contribution < 1.29 is 9.18 Å². The maximum atomic E-state index is 13.6. The molecule has 0 fully saturated rings. The van der Waals surface area contributed by atoms with Crippen molar-refractivity contribution in [2.45, 2.75) is 5.75 Å². The lowest BCUT2D eigenvalue weighted by molar-refractivity contribution is 0.102. The Morgan fingerprint density at radius 2 is 2.37 bits per heavy atom. The number of benzene rings is 1. The monoisotopic (exact) mass is 316 g/mol. The molecule has 1 heterocycles. The number of amides is 1. The Labute approximate surface area is 123 Å². The predicted octanol–water partition coefficient (Wildman–Crippen LogP) is 4.05. The predicted molar refractivity (Wildman–Crippen MR) is 78.7 cm³/mol. The van der Waals surface area contributed by atoms with Crippen molar-refractivity contribution in [2.75, 3.05) is 11.6 Å². The molecule has 1 aromatic carbocycles. The maximum Gasteiger partial charge on any atom is 0.261 e. The highest BCUT2D eigenvalue weighted by Crippen LogP contribution is 2.23. The van der Waals surface area contributed by atoms with E-state index in [9.17, 15) is 9.18 Å². The van der Waals surface area contributed by atoms with Gasteiger partial charge in [0.1, 0.15) is 5.82 Å². The molecule has 100 valence electrons. The summed E-state index contributed by atoms with van der Waals surface area (Å²) in [4.78, 5) is 16.2. The summed E-state index contributed by atoms with van der Waals surface area (Å²) in [6, 6.07) is 4.12. The molecule has 2 rings (SSSR count). The minimum absolute atomic E-state index is 0.0818. The highest BCUT2D eigenvalue weighted by Gasteiger charge is 2.16. The van der Waals surface area contributed by atoms with Crippen LogP contribution in [0.5, 0.6) is 0 Å². The van der Waals surface area contributed by atoms with Crippen molar-refractivity contribution in [1.29, 1.82) is 0 Å². The van der Waals surface area contributed by atoms with Gasteiger partial charge in [0.25, 0.3) is 5.91 Å². The number of nitrogens with zero attached hydrogens (tertiary/aromatic N) is 1. The first-order valence-electron chi connectivity index (χ1n) is 5.30. The maximum absolute atomic E-state index is 13.6. The molecule has 3 nitrogen and oxygen atoms in total. The van der Waals surface area contributed by atoms with Crippen LogP contribution in [0.1, 0.15) is 16.1 Å². The number of rotatable bonds is 4. The topological polar surface area (TPSA) is 42.0 Å². The molecule has 1 N–H and O–H groups in total. The summed E-state index contributed by atoms with van der Waals surface area (Å²) in [5, 5.41) is 4.93. The second-order valence-electron chi connectivity index (χ2n) is 3.63. The molecule has 0 aliphatic rings. The fourth-order valence-electron chi connectivity index (χ4n) is 1.45. The number of aromatic nitrogens is 1. The molecular weight excluding hydrogens is 307 g/mol. The standard InChI is InChI=1S/C12H10ClFN2OS2/c1-18-5-7-6-19-12(15-7)16-11(17)10-8(13)3-2-4-9(10)14/h2-4,6H,5H2,1H3,(H,15,16,17). The van der Waals surface area contributed by atoms with Gasteiger partial charge in [-0.05, 0) is 18.4 Å². The molecule has 19 heavy (non-hydrogen) atoms. The summed E-state index contributed by atoms with van der Waals surface area (Å²) in [5.74, 6) is -0.466. The fraction of sp³-hybridized carbons (Fsp3) is 0.167. The number of hydrogen-bond acceptors (Lipinski definition) is 4. The Hall–Kier alpha value is -1.11. The van der Waals surface area contributed by atoms with E-state index in [4.69, 9.17) is 11.6 Å². The molecule has 0 unspecified atom stereocenters. The van der Waals surface area contributed by atoms with Crippen LogP contribution in [0.2, 0.25) is 5.02 Å². The number of halogens is 2. The lowest BCUT2D eigenvalue weighted by atomic mass is 10.2. The Bertz CT molecular complexity index is 583. The molecule has 0 saturated heterocycles. The van der Waals surface area contributed by atoms with E-state index in [1.807, 2.05) is 11.6 Å². The number of thioether (sulfide) groups is 1. The lowest BCUT2D eigenvalue weighted by Crippen LogP contribution is -2.14. The summed E-state index contributed by atoms with van der Waals surface area (Å²) >= 11 is 8.77. The zero-order chi connectivity index (χ0) is 13.8. The Balaban J connectivity index is 2.16. The average Bonchev–Trinajstić information content (AvgIpc) is 2.77. The third kappa shape index (κ3) is 3.46. The van der Waals surface area contributed by atoms with E-state index in [2.05, 4.69) is 10.3 Å². The van der Waals surface area contributed by atoms with Gasteiger partial charge in [0.15, 0.2) is 5.13 Å². The smallest absolute Gasteiger partial charge is 0.261 e. The van der Waals surface area contributed by atoms with Gasteiger partial charge < -0.3 is 0 Å². The number of hydrogen-bond donors (Lipinski definition) is 1. The Morgan fingerprint density at radius 1 is 1.58 bits per heavy atom. The van der Waals surface area contributed by atoms with Crippen LogP contribution in [0.25, 0.3) is 0 Å². The molecule has 0 radical (unpaired) electrons. The summed E-state index contributed by atoms with van der Waals surface area (Å²) in [6.07, 6.45) is 1.97. The van der Waals surface area contributed by atoms with Crippen molar-refractivity contribution in [3.63, 3.8) is 0 Å². The van der Waals surface area contributed by atoms with Gasteiger partial charge in [-0.2, -0.15) is 11.8 Å². The lowest BCUT2D eigenvalue weighted by Gasteiger charge is -2.04. The second kappa shape index (κ2) is 6.36. The molecule has 0 aliphatic heterocycles. The van der Waals surface area contributed by atoms with Crippen molar-refractivity contribution in [1.82, 2.24) is 4.98 Å². The number of anilines is 1. The Kier molecular flexibility index (Phi) is 4.79. The van der Waals surface area contributed by atoms with E-state index in [0.29, 0.717) is 5.13 Å². The van der Waals surface area contributed by atoms with E-state index in [1.54, 1.807) is 11.8 Å². The summed E-state index contributed by atoms with van der Waals surface area (Å²) in [5.41, 5.74) is 0.721. The van der Waals surface area contributed by atoms with Crippen LogP contribution in [0, 0.1) is 5.82 Å². The SMILES string of the molecule is CSCc1csc(NC(=O)c2c(F)cccc2Cl)n1. The molecule has 0 spiro atoms. The van der Waals surface area contributed by atoms with Crippen molar-refractivity contribution >= 4 is 45.7 Å². The van der Waals surface area contributed by atoms with Gasteiger partial charge in [0, 0.05) is 11.1 Å². The number of carbonyl (C=O) groups is 1. The van der Waals surface area contributed by atoms with Crippen LogP contribution < -0.4 is 5.32 Å². The summed E-state index contributed by atoms with van der Waals surface area (Å²) in [6.45, 7) is 0. The van der Waals surface area contributed by atoms with Gasteiger partial charge in [0.2, 0.25) is 0 Å². The summed E-state index contributed by atoms with van der Waals surface area (Å²) < 4.78 is 13.6. The van der Waals surface area contributed by atoms with Crippen LogP contribution in [0.3, 0.4) is 0 Å². The normalized spacial score (nSPS) is 10.5. The van der Waals surface area contributed by atoms with E-state index < -0.39 is 11.7 Å². The molecule has 2 aromatic rings.